The summed E-state index contributed by atoms with van der Waals surface area (Å²) < 4.78 is 13.0. The Balaban J connectivity index is 2.01. The average molecular weight is 272 g/mol. The molecule has 20 heavy (non-hydrogen) atoms. The maximum atomic E-state index is 13.0. The van der Waals surface area contributed by atoms with Crippen molar-refractivity contribution in [3.05, 3.63) is 65.5 Å². The van der Waals surface area contributed by atoms with Crippen molar-refractivity contribution in [3.63, 3.8) is 0 Å². The van der Waals surface area contributed by atoms with Crippen LogP contribution in [0.2, 0.25) is 0 Å². The highest BCUT2D eigenvalue weighted by Crippen LogP contribution is 2.16. The van der Waals surface area contributed by atoms with Crippen molar-refractivity contribution in [2.24, 2.45) is 5.73 Å². The number of anilines is 1. The van der Waals surface area contributed by atoms with Gasteiger partial charge in [-0.15, -0.1) is 0 Å². The molecule has 0 radical (unpaired) electrons. The Bertz CT molecular complexity index is 599. The maximum absolute atomic E-state index is 13.0. The number of hydrogen-bond donors (Lipinski definition) is 2. The number of hydrogen-bond acceptors (Lipinski definition) is 2. The number of rotatable bonds is 4. The van der Waals surface area contributed by atoms with Gasteiger partial charge in [-0.25, -0.2) is 4.39 Å². The molecule has 0 aromatic heterocycles. The van der Waals surface area contributed by atoms with Crippen molar-refractivity contribution in [1.29, 1.82) is 0 Å². The van der Waals surface area contributed by atoms with Crippen molar-refractivity contribution < 1.29 is 9.18 Å². The Morgan fingerprint density at radius 1 is 1.25 bits per heavy atom. The number of carbonyl (C=O) groups is 1. The molecule has 0 unspecified atom stereocenters. The second-order valence-corrected chi connectivity index (χ2v) is 4.74. The van der Waals surface area contributed by atoms with Crippen molar-refractivity contribution >= 4 is 11.6 Å². The Morgan fingerprint density at radius 2 is 1.95 bits per heavy atom. The van der Waals surface area contributed by atoms with Gasteiger partial charge >= 0.3 is 0 Å². The first-order valence-electron chi connectivity index (χ1n) is 6.43. The summed E-state index contributed by atoms with van der Waals surface area (Å²) in [6.07, 6.45) is 0.465. The van der Waals surface area contributed by atoms with E-state index >= 15 is 0 Å². The second-order valence-electron chi connectivity index (χ2n) is 4.74. The molecule has 0 aliphatic heterocycles. The quantitative estimate of drug-likeness (QED) is 0.899. The van der Waals surface area contributed by atoms with Gasteiger partial charge in [0.05, 0.1) is 6.04 Å². The topological polar surface area (TPSA) is 55.1 Å². The molecule has 3 N–H and O–H groups in total. The van der Waals surface area contributed by atoms with Crippen molar-refractivity contribution in [2.45, 2.75) is 19.4 Å². The molecule has 0 saturated carbocycles. The van der Waals surface area contributed by atoms with Crippen LogP contribution in [-0.2, 0) is 11.2 Å². The molecule has 3 nitrogen and oxygen atoms in total. The van der Waals surface area contributed by atoms with Crippen LogP contribution in [0.3, 0.4) is 0 Å². The number of nitrogens with one attached hydrogen (secondary N) is 1. The first-order valence-corrected chi connectivity index (χ1v) is 6.43. The Hall–Kier alpha value is -2.20. The van der Waals surface area contributed by atoms with Crippen LogP contribution in [0.4, 0.5) is 10.1 Å². The molecule has 0 heterocycles. The SMILES string of the molecule is Cc1cc(F)ccc1NC(=O)[C@@H](N)Cc1ccccc1. The van der Waals surface area contributed by atoms with Gasteiger partial charge in [0.2, 0.25) is 5.91 Å². The van der Waals surface area contributed by atoms with Crippen molar-refractivity contribution in [3.8, 4) is 0 Å². The molecule has 0 spiro atoms. The van der Waals surface area contributed by atoms with Gasteiger partial charge in [0.1, 0.15) is 5.82 Å². The summed E-state index contributed by atoms with van der Waals surface area (Å²) >= 11 is 0. The summed E-state index contributed by atoms with van der Waals surface area (Å²) in [5.74, 6) is -0.599. The second kappa shape index (κ2) is 6.30. The monoisotopic (exact) mass is 272 g/mol. The minimum absolute atomic E-state index is 0.274. The van der Waals surface area contributed by atoms with E-state index in [2.05, 4.69) is 5.32 Å². The smallest absolute Gasteiger partial charge is 0.241 e. The largest absolute Gasteiger partial charge is 0.324 e. The fraction of sp³-hybridized carbons (Fsp3) is 0.188. The molecular weight excluding hydrogens is 255 g/mol. The van der Waals surface area contributed by atoms with E-state index in [1.165, 1.54) is 18.2 Å². The van der Waals surface area contributed by atoms with E-state index in [4.69, 9.17) is 5.73 Å². The summed E-state index contributed by atoms with van der Waals surface area (Å²) in [5.41, 5.74) is 8.15. The molecule has 0 bridgehead atoms. The first kappa shape index (κ1) is 14.2. The number of nitrogens with two attached hydrogens (primary N) is 1. The van der Waals surface area contributed by atoms with Gasteiger partial charge in [-0.2, -0.15) is 0 Å². The van der Waals surface area contributed by atoms with Crippen LogP contribution in [0.25, 0.3) is 0 Å². The molecule has 2 rings (SSSR count). The minimum atomic E-state index is -0.637. The van der Waals surface area contributed by atoms with Gasteiger partial charge in [0.15, 0.2) is 0 Å². The summed E-state index contributed by atoms with van der Waals surface area (Å²) in [6.45, 7) is 1.74. The van der Waals surface area contributed by atoms with Crippen LogP contribution in [0, 0.1) is 12.7 Å². The molecule has 2 aromatic carbocycles. The van der Waals surface area contributed by atoms with Crippen LogP contribution in [0.5, 0.6) is 0 Å². The standard InChI is InChI=1S/C16H17FN2O/c1-11-9-13(17)7-8-15(11)19-16(20)14(18)10-12-5-3-2-4-6-12/h2-9,14H,10,18H2,1H3,(H,19,20)/t14-/m0/s1. The van der Waals surface area contributed by atoms with Gasteiger partial charge in [0.25, 0.3) is 0 Å². The minimum Gasteiger partial charge on any atom is -0.324 e. The van der Waals surface area contributed by atoms with Crippen LogP contribution >= 0.6 is 0 Å². The third-order valence-corrected chi connectivity index (χ3v) is 3.08. The lowest BCUT2D eigenvalue weighted by molar-refractivity contribution is -0.117. The van der Waals surface area contributed by atoms with Gasteiger partial charge in [-0.1, -0.05) is 30.3 Å². The molecule has 0 saturated heterocycles. The normalized spacial score (nSPS) is 11.9. The van der Waals surface area contributed by atoms with E-state index in [1.807, 2.05) is 30.3 Å². The van der Waals surface area contributed by atoms with Gasteiger partial charge < -0.3 is 11.1 Å². The Morgan fingerprint density at radius 3 is 2.60 bits per heavy atom. The van der Waals surface area contributed by atoms with Crippen LogP contribution in [0.1, 0.15) is 11.1 Å². The molecular formula is C16H17FN2O. The number of benzene rings is 2. The van der Waals surface area contributed by atoms with E-state index in [0.717, 1.165) is 5.56 Å². The lowest BCUT2D eigenvalue weighted by Gasteiger charge is -2.14. The van der Waals surface area contributed by atoms with Gasteiger partial charge in [-0.3, -0.25) is 4.79 Å². The molecule has 104 valence electrons. The fourth-order valence-corrected chi connectivity index (χ4v) is 1.95. The molecule has 2 aromatic rings. The molecule has 1 atom stereocenters. The number of carbonyl (C=O) groups excluding carboxylic acids is 1. The van der Waals surface area contributed by atoms with Crippen molar-refractivity contribution in [2.75, 3.05) is 5.32 Å². The highest BCUT2D eigenvalue weighted by atomic mass is 19.1. The number of amides is 1. The molecule has 4 heteroatoms. The van der Waals surface area contributed by atoms with Crippen LogP contribution in [-0.4, -0.2) is 11.9 Å². The van der Waals surface area contributed by atoms with E-state index in [9.17, 15) is 9.18 Å². The highest BCUT2D eigenvalue weighted by Gasteiger charge is 2.15. The third-order valence-electron chi connectivity index (χ3n) is 3.08. The summed E-state index contributed by atoms with van der Waals surface area (Å²) in [7, 11) is 0. The number of halogens is 1. The van der Waals surface area contributed by atoms with E-state index < -0.39 is 6.04 Å². The van der Waals surface area contributed by atoms with E-state index in [-0.39, 0.29) is 11.7 Å². The predicted octanol–water partition coefficient (Wildman–Crippen LogP) is 2.64. The maximum Gasteiger partial charge on any atom is 0.241 e. The third kappa shape index (κ3) is 3.65. The highest BCUT2D eigenvalue weighted by molar-refractivity contribution is 5.95. The zero-order valence-electron chi connectivity index (χ0n) is 11.3. The molecule has 0 fully saturated rings. The first-order chi connectivity index (χ1) is 9.56. The zero-order valence-corrected chi connectivity index (χ0v) is 11.3. The van der Waals surface area contributed by atoms with E-state index in [1.54, 1.807) is 6.92 Å². The molecule has 0 aliphatic rings. The van der Waals surface area contributed by atoms with Crippen LogP contribution < -0.4 is 11.1 Å². The summed E-state index contributed by atoms with van der Waals surface area (Å²) in [6, 6.07) is 13.2. The Labute approximate surface area is 117 Å². The lowest BCUT2D eigenvalue weighted by Crippen LogP contribution is -2.37. The fourth-order valence-electron chi connectivity index (χ4n) is 1.95. The molecule has 1 amide bonds. The Kier molecular flexibility index (Phi) is 4.48. The predicted molar refractivity (Wildman–Crippen MR) is 77.9 cm³/mol. The van der Waals surface area contributed by atoms with Gasteiger partial charge in [-0.05, 0) is 42.7 Å². The molecule has 0 aliphatic carbocycles. The summed E-state index contributed by atoms with van der Waals surface area (Å²) in [5, 5.41) is 2.73. The van der Waals surface area contributed by atoms with Crippen LogP contribution in [0.15, 0.2) is 48.5 Å². The van der Waals surface area contributed by atoms with E-state index in [0.29, 0.717) is 17.7 Å². The summed E-state index contributed by atoms with van der Waals surface area (Å²) in [4.78, 5) is 12.0. The average Bonchev–Trinajstić information content (AvgIpc) is 2.43. The lowest BCUT2D eigenvalue weighted by atomic mass is 10.1. The number of aryl methyl sites for hydroxylation is 1. The van der Waals surface area contributed by atoms with Gasteiger partial charge in [0, 0.05) is 5.69 Å². The zero-order chi connectivity index (χ0) is 14.5. The van der Waals surface area contributed by atoms with Crippen molar-refractivity contribution in [1.82, 2.24) is 0 Å².